The molecular formula is C18H26F2N4O. The van der Waals surface area contributed by atoms with Gasteiger partial charge in [-0.2, -0.15) is 0 Å². The second-order valence-electron chi connectivity index (χ2n) is 6.17. The Balaban J connectivity index is 2.02. The van der Waals surface area contributed by atoms with E-state index in [2.05, 4.69) is 15.6 Å². The van der Waals surface area contributed by atoms with Gasteiger partial charge in [0.2, 0.25) is 0 Å². The van der Waals surface area contributed by atoms with Crippen LogP contribution in [0.1, 0.15) is 13.8 Å². The van der Waals surface area contributed by atoms with Crippen LogP contribution in [0.15, 0.2) is 51.6 Å². The second-order valence-corrected chi connectivity index (χ2v) is 6.17. The topological polar surface area (TPSA) is 48.9 Å². The number of hydrogen-bond donors (Lipinski definition) is 2. The lowest BCUT2D eigenvalue weighted by atomic mass is 10.0. The molecule has 2 aliphatic heterocycles. The number of hydrogen-bond acceptors (Lipinski definition) is 5. The minimum Gasteiger partial charge on any atom is -0.473 e. The lowest BCUT2D eigenvalue weighted by molar-refractivity contribution is 0.0228. The molecule has 0 amide bonds. The summed E-state index contributed by atoms with van der Waals surface area (Å²) in [6, 6.07) is 0.143. The first-order chi connectivity index (χ1) is 11.9. The quantitative estimate of drug-likeness (QED) is 0.691. The van der Waals surface area contributed by atoms with Crippen molar-refractivity contribution in [2.24, 2.45) is 4.99 Å². The molecule has 2 aliphatic rings. The number of likely N-dealkylation sites (N-methyl/N-ethyl adjacent to an activating group) is 2. The standard InChI is InChI=1S/C18H26F2N4O/c1-12-7-14(10-24(4)18(12)25-11-17(19)20)8-22-9-15-13(2)23-6-5-16(15)21-3/h5-7,9,16-17,21,23H,8,10-11H2,1-4H3. The lowest BCUT2D eigenvalue weighted by Crippen LogP contribution is -2.32. The third-order valence-corrected chi connectivity index (χ3v) is 4.08. The van der Waals surface area contributed by atoms with Crippen LogP contribution in [0.4, 0.5) is 8.78 Å². The Morgan fingerprint density at radius 3 is 2.88 bits per heavy atom. The van der Waals surface area contributed by atoms with Gasteiger partial charge in [-0.05, 0) is 38.7 Å². The van der Waals surface area contributed by atoms with Gasteiger partial charge in [0.15, 0.2) is 12.5 Å². The molecule has 0 aromatic rings. The molecule has 25 heavy (non-hydrogen) atoms. The molecule has 0 fully saturated rings. The molecule has 0 radical (unpaired) electrons. The Kier molecular flexibility index (Phi) is 6.75. The molecule has 5 nitrogen and oxygen atoms in total. The summed E-state index contributed by atoms with van der Waals surface area (Å²) in [5, 5.41) is 6.42. The molecule has 2 N–H and O–H groups in total. The third-order valence-electron chi connectivity index (χ3n) is 4.08. The Hall–Kier alpha value is -2.15. The van der Waals surface area contributed by atoms with Crippen LogP contribution in [-0.2, 0) is 4.74 Å². The van der Waals surface area contributed by atoms with E-state index in [9.17, 15) is 8.78 Å². The predicted molar refractivity (Wildman–Crippen MR) is 96.6 cm³/mol. The van der Waals surface area contributed by atoms with Crippen LogP contribution in [0.25, 0.3) is 0 Å². The van der Waals surface area contributed by atoms with Gasteiger partial charge in [-0.15, -0.1) is 0 Å². The molecule has 2 rings (SSSR count). The van der Waals surface area contributed by atoms with Crippen molar-refractivity contribution in [3.05, 3.63) is 46.7 Å². The molecule has 138 valence electrons. The van der Waals surface area contributed by atoms with Crippen LogP contribution < -0.4 is 10.6 Å². The van der Waals surface area contributed by atoms with Gasteiger partial charge in [0.1, 0.15) is 0 Å². The van der Waals surface area contributed by atoms with Crippen LogP contribution in [-0.4, -0.2) is 57.4 Å². The van der Waals surface area contributed by atoms with Crippen molar-refractivity contribution in [2.75, 3.05) is 33.8 Å². The van der Waals surface area contributed by atoms with E-state index in [1.807, 2.05) is 57.4 Å². The summed E-state index contributed by atoms with van der Waals surface area (Å²) in [6.07, 6.45) is 5.34. The lowest BCUT2D eigenvalue weighted by Gasteiger charge is -2.28. The van der Waals surface area contributed by atoms with E-state index in [1.165, 1.54) is 0 Å². The average molecular weight is 352 g/mol. The monoisotopic (exact) mass is 352 g/mol. The number of halogens is 2. The molecule has 7 heteroatoms. The molecular weight excluding hydrogens is 326 g/mol. The fourth-order valence-corrected chi connectivity index (χ4v) is 2.93. The van der Waals surface area contributed by atoms with Gasteiger partial charge in [-0.3, -0.25) is 4.99 Å². The molecule has 0 saturated carbocycles. The third kappa shape index (κ3) is 5.16. The number of alkyl halides is 2. The van der Waals surface area contributed by atoms with Crippen molar-refractivity contribution in [3.63, 3.8) is 0 Å². The van der Waals surface area contributed by atoms with Gasteiger partial charge in [-0.1, -0.05) is 6.08 Å². The van der Waals surface area contributed by atoms with E-state index in [-0.39, 0.29) is 6.04 Å². The summed E-state index contributed by atoms with van der Waals surface area (Å²) in [5.74, 6) is 0.503. The summed E-state index contributed by atoms with van der Waals surface area (Å²) >= 11 is 0. The number of allylic oxidation sites excluding steroid dienone is 3. The van der Waals surface area contributed by atoms with Crippen molar-refractivity contribution < 1.29 is 13.5 Å². The summed E-state index contributed by atoms with van der Waals surface area (Å²) in [4.78, 5) is 6.40. The first-order valence-corrected chi connectivity index (χ1v) is 8.25. The SMILES string of the molecule is CNC1C=CNC(C)=C1C=NCC1=CC(C)=C(OCC(F)F)N(C)C1. The highest BCUT2D eigenvalue weighted by atomic mass is 19.3. The number of dihydropyridines is 1. The first-order valence-electron chi connectivity index (χ1n) is 8.25. The average Bonchev–Trinajstić information content (AvgIpc) is 2.55. The Morgan fingerprint density at radius 2 is 2.24 bits per heavy atom. The summed E-state index contributed by atoms with van der Waals surface area (Å²) in [5.41, 5.74) is 4.12. The van der Waals surface area contributed by atoms with Gasteiger partial charge < -0.3 is 20.3 Å². The molecule has 0 spiro atoms. The highest BCUT2D eigenvalue weighted by Crippen LogP contribution is 2.21. The molecule has 0 aromatic heterocycles. The van der Waals surface area contributed by atoms with Gasteiger partial charge in [-0.25, -0.2) is 8.78 Å². The van der Waals surface area contributed by atoms with E-state index in [0.29, 0.717) is 19.0 Å². The summed E-state index contributed by atoms with van der Waals surface area (Å²) in [7, 11) is 3.75. The maximum atomic E-state index is 12.3. The van der Waals surface area contributed by atoms with Crippen molar-refractivity contribution in [1.29, 1.82) is 0 Å². The van der Waals surface area contributed by atoms with Crippen LogP contribution in [0, 0.1) is 0 Å². The minimum absolute atomic E-state index is 0.143. The van der Waals surface area contributed by atoms with Gasteiger partial charge >= 0.3 is 0 Å². The number of nitrogens with zero attached hydrogens (tertiary/aromatic N) is 2. The Morgan fingerprint density at radius 1 is 1.48 bits per heavy atom. The largest absolute Gasteiger partial charge is 0.473 e. The second kappa shape index (κ2) is 8.80. The van der Waals surface area contributed by atoms with Gasteiger partial charge in [0.25, 0.3) is 6.43 Å². The molecule has 2 heterocycles. The van der Waals surface area contributed by atoms with Crippen LogP contribution in [0.3, 0.4) is 0 Å². The fourth-order valence-electron chi connectivity index (χ4n) is 2.93. The smallest absolute Gasteiger partial charge is 0.272 e. The zero-order chi connectivity index (χ0) is 18.4. The molecule has 0 bridgehead atoms. The van der Waals surface area contributed by atoms with E-state index in [0.717, 1.165) is 22.4 Å². The van der Waals surface area contributed by atoms with Crippen LogP contribution in [0.5, 0.6) is 0 Å². The first kappa shape index (κ1) is 19.2. The zero-order valence-electron chi connectivity index (χ0n) is 15.1. The summed E-state index contributed by atoms with van der Waals surface area (Å²) in [6.45, 7) is 4.46. The normalized spacial score (nSPS) is 21.3. The van der Waals surface area contributed by atoms with E-state index < -0.39 is 13.0 Å². The van der Waals surface area contributed by atoms with Crippen molar-refractivity contribution in [1.82, 2.24) is 15.5 Å². The number of nitrogens with one attached hydrogen (secondary N) is 2. The molecule has 0 saturated heterocycles. The van der Waals surface area contributed by atoms with E-state index in [4.69, 9.17) is 4.74 Å². The Labute approximate surface area is 147 Å². The fraction of sp³-hybridized carbons (Fsp3) is 0.500. The Bertz CT molecular complexity index is 635. The predicted octanol–water partition coefficient (Wildman–Crippen LogP) is 2.42. The number of ether oxygens (including phenoxy) is 1. The van der Waals surface area contributed by atoms with Gasteiger partial charge in [0, 0.05) is 36.7 Å². The zero-order valence-corrected chi connectivity index (χ0v) is 15.1. The maximum absolute atomic E-state index is 12.3. The molecule has 0 aromatic carbocycles. The van der Waals surface area contributed by atoms with E-state index in [1.54, 1.807) is 0 Å². The number of aliphatic imine (C=N–C) groups is 1. The van der Waals surface area contributed by atoms with Crippen molar-refractivity contribution in [3.8, 4) is 0 Å². The van der Waals surface area contributed by atoms with Crippen molar-refractivity contribution in [2.45, 2.75) is 26.3 Å². The minimum atomic E-state index is -2.47. The van der Waals surface area contributed by atoms with Crippen molar-refractivity contribution >= 4 is 6.21 Å². The van der Waals surface area contributed by atoms with E-state index >= 15 is 0 Å². The number of rotatable bonds is 7. The highest BCUT2D eigenvalue weighted by Gasteiger charge is 2.18. The molecule has 1 unspecified atom stereocenters. The molecule has 1 atom stereocenters. The molecule has 0 aliphatic carbocycles. The van der Waals surface area contributed by atoms with Crippen LogP contribution >= 0.6 is 0 Å². The van der Waals surface area contributed by atoms with Crippen LogP contribution in [0.2, 0.25) is 0 Å². The maximum Gasteiger partial charge on any atom is 0.272 e. The summed E-state index contributed by atoms with van der Waals surface area (Å²) < 4.78 is 29.9. The van der Waals surface area contributed by atoms with Gasteiger partial charge in [0.05, 0.1) is 12.6 Å². The highest BCUT2D eigenvalue weighted by molar-refractivity contribution is 5.82.